The van der Waals surface area contributed by atoms with Crippen molar-refractivity contribution in [1.29, 1.82) is 0 Å². The van der Waals surface area contributed by atoms with Gasteiger partial charge >= 0.3 is 0 Å². The van der Waals surface area contributed by atoms with Crippen LogP contribution in [0.2, 0.25) is 0 Å². The fourth-order valence-corrected chi connectivity index (χ4v) is 2.49. The summed E-state index contributed by atoms with van der Waals surface area (Å²) in [7, 11) is 4.07. The van der Waals surface area contributed by atoms with Crippen LogP contribution in [0.5, 0.6) is 5.75 Å². The number of carbonyl (C=O) groups is 2. The third-order valence-corrected chi connectivity index (χ3v) is 3.71. The molecule has 2 aromatic carbocycles. The van der Waals surface area contributed by atoms with E-state index in [0.29, 0.717) is 5.75 Å². The normalized spacial score (nSPS) is 11.7. The molecule has 0 aliphatic carbocycles. The first kappa shape index (κ1) is 19.5. The van der Waals surface area contributed by atoms with Gasteiger partial charge in [-0.1, -0.05) is 48.5 Å². The molecule has 3 N–H and O–H groups in total. The monoisotopic (exact) mass is 356 g/mol. The summed E-state index contributed by atoms with van der Waals surface area (Å²) in [5.41, 5.74) is 1.04. The zero-order valence-electron chi connectivity index (χ0n) is 15.2. The molecule has 0 saturated heterocycles. The SMILES string of the molecule is C[NH+](C)C[C@H](NC(=O)CNC(=O)COc1ccccc1)c1ccccc1. The molecule has 0 fully saturated rings. The van der Waals surface area contributed by atoms with Crippen molar-refractivity contribution in [2.24, 2.45) is 0 Å². The molecule has 0 aliphatic rings. The summed E-state index contributed by atoms with van der Waals surface area (Å²) in [6.07, 6.45) is 0. The number of hydrogen-bond donors (Lipinski definition) is 3. The second kappa shape index (κ2) is 10.2. The van der Waals surface area contributed by atoms with Crippen LogP contribution in [-0.4, -0.2) is 45.6 Å². The van der Waals surface area contributed by atoms with Crippen molar-refractivity contribution in [3.63, 3.8) is 0 Å². The minimum Gasteiger partial charge on any atom is -0.484 e. The number of nitrogens with one attached hydrogen (secondary N) is 3. The molecule has 0 radical (unpaired) electrons. The van der Waals surface area contributed by atoms with Gasteiger partial charge in [-0.25, -0.2) is 0 Å². The van der Waals surface area contributed by atoms with Crippen LogP contribution in [-0.2, 0) is 9.59 Å². The maximum absolute atomic E-state index is 12.2. The van der Waals surface area contributed by atoms with Crippen molar-refractivity contribution in [2.45, 2.75) is 6.04 Å². The quantitative estimate of drug-likeness (QED) is 0.600. The molecule has 26 heavy (non-hydrogen) atoms. The van der Waals surface area contributed by atoms with Gasteiger partial charge in [0.1, 0.15) is 18.3 Å². The van der Waals surface area contributed by atoms with Gasteiger partial charge in [-0.2, -0.15) is 0 Å². The van der Waals surface area contributed by atoms with Gasteiger partial charge in [0, 0.05) is 0 Å². The van der Waals surface area contributed by atoms with E-state index in [1.807, 2.05) is 62.6 Å². The van der Waals surface area contributed by atoms with Gasteiger partial charge in [0.25, 0.3) is 5.91 Å². The highest BCUT2D eigenvalue weighted by Gasteiger charge is 2.17. The predicted octanol–water partition coefficient (Wildman–Crippen LogP) is 0.184. The van der Waals surface area contributed by atoms with Crippen molar-refractivity contribution < 1.29 is 19.2 Å². The Morgan fingerprint density at radius 3 is 2.19 bits per heavy atom. The van der Waals surface area contributed by atoms with E-state index in [0.717, 1.165) is 12.1 Å². The van der Waals surface area contributed by atoms with Crippen LogP contribution in [0.1, 0.15) is 11.6 Å². The van der Waals surface area contributed by atoms with E-state index in [4.69, 9.17) is 4.74 Å². The molecule has 0 heterocycles. The Labute approximate surface area is 154 Å². The van der Waals surface area contributed by atoms with Crippen molar-refractivity contribution in [1.82, 2.24) is 10.6 Å². The second-order valence-electron chi connectivity index (χ2n) is 6.32. The molecule has 2 rings (SSSR count). The summed E-state index contributed by atoms with van der Waals surface area (Å²) >= 11 is 0. The smallest absolute Gasteiger partial charge is 0.258 e. The number of hydrogen-bond acceptors (Lipinski definition) is 3. The first-order valence-electron chi connectivity index (χ1n) is 8.62. The summed E-state index contributed by atoms with van der Waals surface area (Å²) in [5, 5.41) is 5.56. The van der Waals surface area contributed by atoms with E-state index in [9.17, 15) is 9.59 Å². The Bertz CT molecular complexity index is 690. The van der Waals surface area contributed by atoms with Crippen LogP contribution in [0.3, 0.4) is 0 Å². The molecular weight excluding hydrogens is 330 g/mol. The van der Waals surface area contributed by atoms with Gasteiger partial charge in [-0.15, -0.1) is 0 Å². The van der Waals surface area contributed by atoms with E-state index in [1.165, 1.54) is 4.90 Å². The number of likely N-dealkylation sites (N-methyl/N-ethyl adjacent to an activating group) is 1. The molecular formula is C20H26N3O3+. The standard InChI is InChI=1S/C20H25N3O3/c1-23(2)14-18(16-9-5-3-6-10-16)22-19(24)13-21-20(25)15-26-17-11-7-4-8-12-17/h3-12,18H,13-15H2,1-2H3,(H,21,25)(H,22,24)/p+1/t18-/m0/s1. The summed E-state index contributed by atoms with van der Waals surface area (Å²) in [6, 6.07) is 18.8. The zero-order chi connectivity index (χ0) is 18.8. The van der Waals surface area contributed by atoms with Crippen LogP contribution in [0, 0.1) is 0 Å². The molecule has 2 amide bonds. The molecule has 6 heteroatoms. The average molecular weight is 356 g/mol. The van der Waals surface area contributed by atoms with Crippen LogP contribution < -0.4 is 20.3 Å². The van der Waals surface area contributed by atoms with Crippen molar-refractivity contribution in [3.05, 3.63) is 66.2 Å². The lowest BCUT2D eigenvalue weighted by Crippen LogP contribution is -3.06. The Balaban J connectivity index is 1.79. The fraction of sp³-hybridized carbons (Fsp3) is 0.300. The van der Waals surface area contributed by atoms with Crippen LogP contribution in [0.25, 0.3) is 0 Å². The number of amides is 2. The summed E-state index contributed by atoms with van der Waals surface area (Å²) in [4.78, 5) is 25.3. The number of benzene rings is 2. The molecule has 0 aromatic heterocycles. The largest absolute Gasteiger partial charge is 0.484 e. The summed E-state index contributed by atoms with van der Waals surface area (Å²) in [5.74, 6) is 0.0527. The molecule has 6 nitrogen and oxygen atoms in total. The van der Waals surface area contributed by atoms with Crippen molar-refractivity contribution >= 4 is 11.8 Å². The molecule has 0 spiro atoms. The summed E-state index contributed by atoms with van der Waals surface area (Å²) < 4.78 is 5.36. The van der Waals surface area contributed by atoms with Gasteiger partial charge in [-0.3, -0.25) is 9.59 Å². The number of quaternary nitrogens is 1. The number of ether oxygens (including phenoxy) is 1. The molecule has 0 aliphatic heterocycles. The second-order valence-corrected chi connectivity index (χ2v) is 6.32. The van der Waals surface area contributed by atoms with E-state index in [-0.39, 0.29) is 31.0 Å². The highest BCUT2D eigenvalue weighted by atomic mass is 16.5. The van der Waals surface area contributed by atoms with Crippen molar-refractivity contribution in [3.8, 4) is 5.75 Å². The van der Waals surface area contributed by atoms with Crippen LogP contribution >= 0.6 is 0 Å². The zero-order valence-corrected chi connectivity index (χ0v) is 15.2. The van der Waals surface area contributed by atoms with Gasteiger partial charge < -0.3 is 20.3 Å². The molecule has 1 atom stereocenters. The van der Waals surface area contributed by atoms with Crippen LogP contribution in [0.4, 0.5) is 0 Å². The van der Waals surface area contributed by atoms with E-state index in [2.05, 4.69) is 10.6 Å². The van der Waals surface area contributed by atoms with Crippen LogP contribution in [0.15, 0.2) is 60.7 Å². The third-order valence-electron chi connectivity index (χ3n) is 3.71. The topological polar surface area (TPSA) is 71.9 Å². The Morgan fingerprint density at radius 2 is 1.58 bits per heavy atom. The number of para-hydroxylation sites is 1. The predicted molar refractivity (Wildman–Crippen MR) is 100.0 cm³/mol. The Morgan fingerprint density at radius 1 is 0.962 bits per heavy atom. The first-order chi connectivity index (χ1) is 12.5. The van der Waals surface area contributed by atoms with E-state index in [1.54, 1.807) is 12.1 Å². The Kier molecular flexibility index (Phi) is 7.64. The summed E-state index contributed by atoms with van der Waals surface area (Å²) in [6.45, 7) is 0.547. The minimum atomic E-state index is -0.335. The van der Waals surface area contributed by atoms with Gasteiger partial charge in [0.15, 0.2) is 6.61 Å². The number of rotatable bonds is 9. The molecule has 0 bridgehead atoms. The van der Waals surface area contributed by atoms with E-state index >= 15 is 0 Å². The fourth-order valence-electron chi connectivity index (χ4n) is 2.49. The van der Waals surface area contributed by atoms with Gasteiger partial charge in [0.2, 0.25) is 5.91 Å². The first-order valence-corrected chi connectivity index (χ1v) is 8.62. The van der Waals surface area contributed by atoms with E-state index < -0.39 is 0 Å². The lowest BCUT2D eigenvalue weighted by atomic mass is 10.1. The highest BCUT2D eigenvalue weighted by Crippen LogP contribution is 2.10. The highest BCUT2D eigenvalue weighted by molar-refractivity contribution is 5.85. The van der Waals surface area contributed by atoms with Gasteiger partial charge in [-0.05, 0) is 17.7 Å². The van der Waals surface area contributed by atoms with Crippen molar-refractivity contribution in [2.75, 3.05) is 33.8 Å². The lowest BCUT2D eigenvalue weighted by molar-refractivity contribution is -0.860. The Hall–Kier alpha value is -2.86. The maximum Gasteiger partial charge on any atom is 0.258 e. The number of carbonyl (C=O) groups excluding carboxylic acids is 2. The minimum absolute atomic E-state index is 0.0803. The maximum atomic E-state index is 12.2. The average Bonchev–Trinajstić information content (AvgIpc) is 2.65. The molecule has 138 valence electrons. The third kappa shape index (κ3) is 6.94. The lowest BCUT2D eigenvalue weighted by Gasteiger charge is -2.21. The molecule has 0 unspecified atom stereocenters. The molecule has 0 saturated carbocycles. The molecule has 2 aromatic rings. The van der Waals surface area contributed by atoms with Gasteiger partial charge in [0.05, 0.1) is 20.6 Å².